The van der Waals surface area contributed by atoms with Crippen molar-refractivity contribution in [2.45, 2.75) is 57.7 Å². The highest BCUT2D eigenvalue weighted by Crippen LogP contribution is 2.19. The van der Waals surface area contributed by atoms with Crippen LogP contribution in [-0.4, -0.2) is 62.4 Å². The highest BCUT2D eigenvalue weighted by atomic mass is 16.4. The molecule has 1 aliphatic heterocycles. The maximum Gasteiger partial charge on any atom is 0.326 e. The Kier molecular flexibility index (Phi) is 6.73. The summed E-state index contributed by atoms with van der Waals surface area (Å²) in [7, 11) is 0. The summed E-state index contributed by atoms with van der Waals surface area (Å²) in [6.07, 6.45) is 4.98. The fourth-order valence-electron chi connectivity index (χ4n) is 3.19. The van der Waals surface area contributed by atoms with Crippen LogP contribution in [0.2, 0.25) is 0 Å². The van der Waals surface area contributed by atoms with Gasteiger partial charge in [-0.15, -0.1) is 0 Å². The van der Waals surface area contributed by atoms with E-state index >= 15 is 0 Å². The van der Waals surface area contributed by atoms with E-state index in [-0.39, 0.29) is 18.2 Å². The Morgan fingerprint density at radius 1 is 1.46 bits per heavy atom. The fraction of sp³-hybridized carbons (Fsp3) is 0.647. The van der Waals surface area contributed by atoms with Crippen LogP contribution in [0.15, 0.2) is 12.5 Å². The third kappa shape index (κ3) is 5.04. The molecular formula is C17H27N5O4. The second-order valence-corrected chi connectivity index (χ2v) is 7.09. The molecule has 0 aromatic carbocycles. The van der Waals surface area contributed by atoms with Crippen molar-refractivity contribution in [3.05, 3.63) is 18.2 Å². The first-order valence-electron chi connectivity index (χ1n) is 8.86. The minimum absolute atomic E-state index is 0.125. The maximum atomic E-state index is 12.7. The average Bonchev–Trinajstić information content (AvgIpc) is 3.24. The number of carbonyl (C=O) groups is 3. The minimum atomic E-state index is -1.07. The number of aromatic amines is 1. The second kappa shape index (κ2) is 8.79. The van der Waals surface area contributed by atoms with E-state index in [9.17, 15) is 19.5 Å². The number of carbonyl (C=O) groups excluding carboxylic acids is 2. The highest BCUT2D eigenvalue weighted by molar-refractivity contribution is 5.92. The lowest BCUT2D eigenvalue weighted by Gasteiger charge is -2.28. The van der Waals surface area contributed by atoms with Crippen LogP contribution in [0.3, 0.4) is 0 Å². The molecule has 9 nitrogen and oxygen atoms in total. The first-order valence-corrected chi connectivity index (χ1v) is 8.86. The molecule has 0 unspecified atom stereocenters. The summed E-state index contributed by atoms with van der Waals surface area (Å²) in [6, 6.07) is -2.43. The molecule has 1 fully saturated rings. The summed E-state index contributed by atoms with van der Waals surface area (Å²) in [6.45, 7) is 4.22. The fourth-order valence-corrected chi connectivity index (χ4v) is 3.19. The first-order chi connectivity index (χ1) is 12.3. The van der Waals surface area contributed by atoms with E-state index in [4.69, 9.17) is 5.73 Å². The number of imidazole rings is 1. The summed E-state index contributed by atoms with van der Waals surface area (Å²) in [5.41, 5.74) is 6.67. The molecule has 3 atom stereocenters. The van der Waals surface area contributed by atoms with Gasteiger partial charge in [-0.1, -0.05) is 13.8 Å². The number of amides is 2. The number of nitrogens with one attached hydrogen (secondary N) is 2. The molecule has 1 aromatic rings. The molecule has 1 aliphatic rings. The Morgan fingerprint density at radius 2 is 2.19 bits per heavy atom. The molecule has 2 rings (SSSR count). The van der Waals surface area contributed by atoms with E-state index in [1.54, 1.807) is 6.20 Å². The predicted molar refractivity (Wildman–Crippen MR) is 94.0 cm³/mol. The number of carboxylic acids is 1. The summed E-state index contributed by atoms with van der Waals surface area (Å²) in [4.78, 5) is 44.9. The summed E-state index contributed by atoms with van der Waals surface area (Å²) < 4.78 is 0. The number of nitrogens with zero attached hydrogens (tertiary/aromatic N) is 2. The molecule has 1 saturated heterocycles. The number of aliphatic carboxylic acids is 1. The van der Waals surface area contributed by atoms with Gasteiger partial charge in [0.25, 0.3) is 0 Å². The smallest absolute Gasteiger partial charge is 0.326 e. The van der Waals surface area contributed by atoms with Gasteiger partial charge >= 0.3 is 5.97 Å². The van der Waals surface area contributed by atoms with Crippen molar-refractivity contribution in [1.29, 1.82) is 0 Å². The topological polar surface area (TPSA) is 141 Å². The molecule has 2 heterocycles. The van der Waals surface area contributed by atoms with Crippen LogP contribution in [0.4, 0.5) is 0 Å². The summed E-state index contributed by atoms with van der Waals surface area (Å²) >= 11 is 0. The predicted octanol–water partition coefficient (Wildman–Crippen LogP) is -0.114. The lowest BCUT2D eigenvalue weighted by Crippen LogP contribution is -2.54. The van der Waals surface area contributed by atoms with Crippen LogP contribution < -0.4 is 11.1 Å². The summed E-state index contributed by atoms with van der Waals surface area (Å²) in [5, 5.41) is 11.9. The standard InChI is InChI=1S/C17H27N5O4/c1-10(2)6-13(17(25)26)21-15(23)14-4-3-5-22(14)16(24)12(18)7-11-8-19-9-20-11/h8-10,12-14H,3-7,18H2,1-2H3,(H,19,20)(H,21,23)(H,25,26)/t12-,13-,14-/m0/s1. The monoisotopic (exact) mass is 365 g/mol. The quantitative estimate of drug-likeness (QED) is 0.506. The molecule has 0 saturated carbocycles. The number of likely N-dealkylation sites (tertiary alicyclic amines) is 1. The molecule has 0 aliphatic carbocycles. The van der Waals surface area contributed by atoms with E-state index in [1.807, 2.05) is 13.8 Å². The third-order valence-electron chi connectivity index (χ3n) is 4.46. The molecule has 144 valence electrons. The van der Waals surface area contributed by atoms with Crippen LogP contribution >= 0.6 is 0 Å². The van der Waals surface area contributed by atoms with Gasteiger partial charge in [-0.2, -0.15) is 0 Å². The van der Waals surface area contributed by atoms with Gasteiger partial charge in [0, 0.05) is 19.2 Å². The lowest BCUT2D eigenvalue weighted by molar-refractivity contribution is -0.144. The van der Waals surface area contributed by atoms with Crippen LogP contribution in [0, 0.1) is 5.92 Å². The molecule has 0 bridgehead atoms. The highest BCUT2D eigenvalue weighted by Gasteiger charge is 2.37. The number of rotatable bonds is 8. The Bertz CT molecular complexity index is 631. The zero-order chi connectivity index (χ0) is 19.3. The van der Waals surface area contributed by atoms with Crippen LogP contribution in [0.25, 0.3) is 0 Å². The first kappa shape index (κ1) is 19.9. The van der Waals surface area contributed by atoms with Gasteiger partial charge in [-0.05, 0) is 25.2 Å². The van der Waals surface area contributed by atoms with Gasteiger partial charge in [-0.3, -0.25) is 9.59 Å². The van der Waals surface area contributed by atoms with E-state index in [0.29, 0.717) is 31.5 Å². The van der Waals surface area contributed by atoms with Gasteiger partial charge in [-0.25, -0.2) is 9.78 Å². The Labute approximate surface area is 152 Å². The molecule has 0 spiro atoms. The van der Waals surface area contributed by atoms with E-state index in [0.717, 1.165) is 0 Å². The largest absolute Gasteiger partial charge is 0.480 e. The van der Waals surface area contributed by atoms with Gasteiger partial charge in [0.2, 0.25) is 11.8 Å². The zero-order valence-corrected chi connectivity index (χ0v) is 15.1. The van der Waals surface area contributed by atoms with Gasteiger partial charge in [0.05, 0.1) is 18.1 Å². The van der Waals surface area contributed by atoms with Gasteiger partial charge in [0.1, 0.15) is 12.1 Å². The zero-order valence-electron chi connectivity index (χ0n) is 15.1. The lowest BCUT2D eigenvalue weighted by atomic mass is 10.0. The number of hydrogen-bond donors (Lipinski definition) is 4. The Morgan fingerprint density at radius 3 is 2.77 bits per heavy atom. The summed E-state index contributed by atoms with van der Waals surface area (Å²) in [5.74, 6) is -1.70. The Balaban J connectivity index is 2.00. The molecule has 1 aromatic heterocycles. The van der Waals surface area contributed by atoms with Gasteiger partial charge in [0.15, 0.2) is 0 Å². The second-order valence-electron chi connectivity index (χ2n) is 7.09. The molecule has 0 radical (unpaired) electrons. The van der Waals surface area contributed by atoms with E-state index < -0.39 is 30.0 Å². The molecule has 26 heavy (non-hydrogen) atoms. The van der Waals surface area contributed by atoms with E-state index in [1.165, 1.54) is 11.2 Å². The van der Waals surface area contributed by atoms with Crippen LogP contribution in [0.5, 0.6) is 0 Å². The van der Waals surface area contributed by atoms with Crippen molar-refractivity contribution in [2.75, 3.05) is 6.54 Å². The number of hydrogen-bond acceptors (Lipinski definition) is 5. The van der Waals surface area contributed by atoms with Crippen molar-refractivity contribution in [3.63, 3.8) is 0 Å². The third-order valence-corrected chi connectivity index (χ3v) is 4.46. The van der Waals surface area contributed by atoms with Crippen molar-refractivity contribution >= 4 is 17.8 Å². The van der Waals surface area contributed by atoms with Gasteiger partial charge < -0.3 is 26.0 Å². The van der Waals surface area contributed by atoms with Crippen LogP contribution in [0.1, 0.15) is 38.8 Å². The van der Waals surface area contributed by atoms with Crippen molar-refractivity contribution in [1.82, 2.24) is 20.2 Å². The molecule has 5 N–H and O–H groups in total. The number of carboxylic acid groups (broad SMARTS) is 1. The molecule has 9 heteroatoms. The van der Waals surface area contributed by atoms with Crippen molar-refractivity contribution in [2.24, 2.45) is 11.7 Å². The maximum absolute atomic E-state index is 12.7. The Hall–Kier alpha value is -2.42. The number of aromatic nitrogens is 2. The normalized spacial score (nSPS) is 19.4. The minimum Gasteiger partial charge on any atom is -0.480 e. The van der Waals surface area contributed by atoms with Crippen molar-refractivity contribution < 1.29 is 19.5 Å². The number of H-pyrrole nitrogens is 1. The SMILES string of the molecule is CC(C)C[C@H](NC(=O)[C@@H]1CCCN1C(=O)[C@@H](N)Cc1c[nH]cn1)C(=O)O. The van der Waals surface area contributed by atoms with Crippen molar-refractivity contribution in [3.8, 4) is 0 Å². The molecular weight excluding hydrogens is 338 g/mol. The number of nitrogens with two attached hydrogens (primary N) is 1. The molecule has 2 amide bonds. The average molecular weight is 365 g/mol. The van der Waals surface area contributed by atoms with Crippen LogP contribution in [-0.2, 0) is 20.8 Å². The van der Waals surface area contributed by atoms with E-state index in [2.05, 4.69) is 15.3 Å².